The van der Waals surface area contributed by atoms with Gasteiger partial charge in [0.15, 0.2) is 5.54 Å². The van der Waals surface area contributed by atoms with E-state index in [-0.39, 0.29) is 41.8 Å². The van der Waals surface area contributed by atoms with E-state index in [1.807, 2.05) is 0 Å². The van der Waals surface area contributed by atoms with Crippen molar-refractivity contribution in [3.8, 4) is 0 Å². The van der Waals surface area contributed by atoms with Crippen LogP contribution in [0.4, 0.5) is 32.8 Å². The van der Waals surface area contributed by atoms with Crippen molar-refractivity contribution in [1.82, 2.24) is 20.0 Å². The van der Waals surface area contributed by atoms with Gasteiger partial charge < -0.3 is 10.2 Å². The Labute approximate surface area is 230 Å². The number of carbonyl (C=O) groups excluding carboxylic acids is 5. The predicted octanol–water partition coefficient (Wildman–Crippen LogP) is 2.45. The van der Waals surface area contributed by atoms with Crippen LogP contribution in [0.2, 0.25) is 0 Å². The number of nitrogens with zero attached hydrogens (tertiary/aromatic N) is 3. The Hall–Kier alpha value is -4.49. The number of nitrogens with one attached hydrogen (secondary N) is 2. The van der Waals surface area contributed by atoms with E-state index >= 15 is 0 Å². The van der Waals surface area contributed by atoms with Crippen molar-refractivity contribution in [2.24, 2.45) is 0 Å². The zero-order valence-electron chi connectivity index (χ0n) is 21.6. The number of halogens is 4. The number of fused-ring (bicyclic) bond motifs is 3. The number of aryl methyl sites for hydroxylation is 1. The average molecular weight is 574 g/mol. The molecule has 214 valence electrons. The number of benzene rings is 2. The molecular formula is C27H23F4N5O5. The molecule has 14 heteroatoms. The van der Waals surface area contributed by atoms with Gasteiger partial charge in [0, 0.05) is 25.6 Å². The molecule has 6 rings (SSSR count). The van der Waals surface area contributed by atoms with E-state index in [0.29, 0.717) is 11.1 Å². The molecule has 2 atom stereocenters. The third-order valence-corrected chi connectivity index (χ3v) is 8.48. The third kappa shape index (κ3) is 3.95. The molecule has 10 nitrogen and oxygen atoms in total. The van der Waals surface area contributed by atoms with Crippen molar-refractivity contribution in [3.05, 3.63) is 64.5 Å². The summed E-state index contributed by atoms with van der Waals surface area (Å²) in [4.78, 5) is 66.6. The molecule has 1 unspecified atom stereocenters. The first-order valence-corrected chi connectivity index (χ1v) is 12.8. The van der Waals surface area contributed by atoms with Crippen LogP contribution in [0.25, 0.3) is 0 Å². The first-order chi connectivity index (χ1) is 19.2. The van der Waals surface area contributed by atoms with Gasteiger partial charge in [-0.2, -0.15) is 13.2 Å². The summed E-state index contributed by atoms with van der Waals surface area (Å²) in [5.74, 6) is -3.11. The lowest BCUT2D eigenvalue weighted by molar-refractivity contribution is -0.155. The van der Waals surface area contributed by atoms with E-state index in [0.717, 1.165) is 22.6 Å². The summed E-state index contributed by atoms with van der Waals surface area (Å²) >= 11 is 0. The molecule has 0 bridgehead atoms. The highest BCUT2D eigenvalue weighted by Gasteiger charge is 2.62. The monoisotopic (exact) mass is 573 g/mol. The number of hydrogen-bond donors (Lipinski definition) is 2. The Balaban J connectivity index is 1.27. The highest BCUT2D eigenvalue weighted by atomic mass is 19.4. The molecular weight excluding hydrogens is 550 g/mol. The van der Waals surface area contributed by atoms with Crippen LogP contribution in [0.5, 0.6) is 0 Å². The number of carbonyl (C=O) groups is 5. The fourth-order valence-electron chi connectivity index (χ4n) is 6.48. The van der Waals surface area contributed by atoms with Crippen LogP contribution in [-0.2, 0) is 39.2 Å². The fraction of sp³-hybridized carbons (Fsp3) is 0.370. The topological polar surface area (TPSA) is 119 Å². The quantitative estimate of drug-likeness (QED) is 0.431. The molecule has 2 spiro atoms. The molecule has 2 fully saturated rings. The first kappa shape index (κ1) is 26.7. The van der Waals surface area contributed by atoms with Crippen LogP contribution in [0.1, 0.15) is 28.7 Å². The van der Waals surface area contributed by atoms with Gasteiger partial charge in [0.25, 0.3) is 11.8 Å². The number of alkyl halides is 3. The maximum absolute atomic E-state index is 14.2. The normalized spacial score (nSPS) is 25.0. The molecule has 2 heterocycles. The number of urea groups is 2. The molecule has 0 saturated carbocycles. The summed E-state index contributed by atoms with van der Waals surface area (Å²) < 4.78 is 54.1. The van der Waals surface area contributed by atoms with Crippen LogP contribution in [0, 0.1) is 5.82 Å². The van der Waals surface area contributed by atoms with Crippen LogP contribution in [0.15, 0.2) is 36.4 Å². The molecule has 7 amide bonds. The Morgan fingerprint density at radius 3 is 2.41 bits per heavy atom. The summed E-state index contributed by atoms with van der Waals surface area (Å²) in [5.41, 5.74) is -0.678. The molecule has 2 aromatic rings. The molecule has 41 heavy (non-hydrogen) atoms. The van der Waals surface area contributed by atoms with Gasteiger partial charge in [-0.15, -0.1) is 0 Å². The van der Waals surface area contributed by atoms with Crippen LogP contribution >= 0.6 is 0 Å². The smallest absolute Gasteiger partial charge is 0.325 e. The minimum Gasteiger partial charge on any atom is -0.325 e. The number of likely N-dealkylation sites (N-methyl/N-ethyl adjacent to an activating group) is 1. The van der Waals surface area contributed by atoms with Gasteiger partial charge in [0.2, 0.25) is 5.91 Å². The predicted molar refractivity (Wildman–Crippen MR) is 133 cm³/mol. The number of amides is 7. The van der Waals surface area contributed by atoms with Crippen molar-refractivity contribution in [3.63, 3.8) is 0 Å². The zero-order valence-corrected chi connectivity index (χ0v) is 21.6. The molecule has 2 aliphatic carbocycles. The first-order valence-electron chi connectivity index (χ1n) is 12.8. The molecule has 0 radical (unpaired) electrons. The maximum Gasteiger partial charge on any atom is 0.406 e. The SMILES string of the molecule is CN1C(=O)NC(=O)[C@@]12Cc1ccc(NC(=O)CN3C(=O)N(CC(F)(F)F)C(=O)C34CCc3ccc(F)cc34)cc1C2. The molecule has 2 aliphatic heterocycles. The second-order valence-electron chi connectivity index (χ2n) is 10.8. The van der Waals surface area contributed by atoms with Gasteiger partial charge in [0.05, 0.1) is 0 Å². The Morgan fingerprint density at radius 2 is 1.73 bits per heavy atom. The lowest BCUT2D eigenvalue weighted by Crippen LogP contribution is -2.48. The van der Waals surface area contributed by atoms with Gasteiger partial charge >= 0.3 is 18.2 Å². The summed E-state index contributed by atoms with van der Waals surface area (Å²) in [6, 6.07) is 6.66. The van der Waals surface area contributed by atoms with Gasteiger partial charge in [-0.05, 0) is 59.4 Å². The van der Waals surface area contributed by atoms with E-state index in [2.05, 4.69) is 10.6 Å². The molecule has 2 N–H and O–H groups in total. The minimum absolute atomic E-state index is 0.0599. The van der Waals surface area contributed by atoms with E-state index in [9.17, 15) is 41.5 Å². The number of hydrogen-bond acceptors (Lipinski definition) is 5. The molecule has 2 saturated heterocycles. The Kier molecular flexibility index (Phi) is 5.70. The van der Waals surface area contributed by atoms with Crippen molar-refractivity contribution in [2.45, 2.75) is 42.9 Å². The largest absolute Gasteiger partial charge is 0.406 e. The van der Waals surface area contributed by atoms with Crippen LogP contribution < -0.4 is 10.6 Å². The number of rotatable bonds is 4. The van der Waals surface area contributed by atoms with E-state index in [1.54, 1.807) is 18.2 Å². The lowest BCUT2D eigenvalue weighted by Gasteiger charge is -2.32. The summed E-state index contributed by atoms with van der Waals surface area (Å²) in [5, 5.41) is 4.91. The highest BCUT2D eigenvalue weighted by molar-refractivity contribution is 6.10. The fourth-order valence-corrected chi connectivity index (χ4v) is 6.48. The highest BCUT2D eigenvalue weighted by Crippen LogP contribution is 2.48. The van der Waals surface area contributed by atoms with Crippen molar-refractivity contribution >= 4 is 35.5 Å². The van der Waals surface area contributed by atoms with Crippen LogP contribution in [0.3, 0.4) is 0 Å². The summed E-state index contributed by atoms with van der Waals surface area (Å²) in [6.07, 6.45) is -4.30. The molecule has 0 aromatic heterocycles. The average Bonchev–Trinajstić information content (AvgIpc) is 3.57. The van der Waals surface area contributed by atoms with Gasteiger partial charge in [0.1, 0.15) is 24.4 Å². The summed E-state index contributed by atoms with van der Waals surface area (Å²) in [7, 11) is 1.52. The van der Waals surface area contributed by atoms with Crippen molar-refractivity contribution < 1.29 is 41.5 Å². The molecule has 4 aliphatic rings. The van der Waals surface area contributed by atoms with Crippen LogP contribution in [-0.4, -0.2) is 76.3 Å². The van der Waals surface area contributed by atoms with E-state index < -0.39 is 65.9 Å². The van der Waals surface area contributed by atoms with Gasteiger partial charge in [-0.25, -0.2) is 14.0 Å². The standard InChI is InChI=1S/C27H23F4N5O5/c1-34-23(40)33-21(38)25(34)10-15-3-5-18(8-16(15)11-25)32-20(37)12-36-24(41)35(13-27(29,30)31)22(39)26(36)7-6-14-2-4-17(28)9-19(14)26/h2-5,8-9H,6-7,10-13H2,1H3,(H,32,37)(H,33,38,40)/t25-,26?/m0/s1. The Morgan fingerprint density at radius 1 is 1.02 bits per heavy atom. The summed E-state index contributed by atoms with van der Waals surface area (Å²) in [6.45, 7) is -2.61. The maximum atomic E-state index is 14.2. The van der Waals surface area contributed by atoms with Crippen molar-refractivity contribution in [2.75, 3.05) is 25.5 Å². The number of anilines is 1. The second kappa shape index (κ2) is 8.75. The Bertz CT molecular complexity index is 1560. The van der Waals surface area contributed by atoms with Gasteiger partial charge in [-0.1, -0.05) is 12.1 Å². The zero-order chi connectivity index (χ0) is 29.5. The minimum atomic E-state index is -4.88. The van der Waals surface area contributed by atoms with Gasteiger partial charge in [-0.3, -0.25) is 29.5 Å². The van der Waals surface area contributed by atoms with Crippen molar-refractivity contribution in [1.29, 1.82) is 0 Å². The third-order valence-electron chi connectivity index (χ3n) is 8.48. The second-order valence-corrected chi connectivity index (χ2v) is 10.8. The van der Waals surface area contributed by atoms with E-state index in [1.165, 1.54) is 18.0 Å². The molecule has 2 aromatic carbocycles. The lowest BCUT2D eigenvalue weighted by atomic mass is 9.89. The number of imide groups is 2. The van der Waals surface area contributed by atoms with E-state index in [4.69, 9.17) is 0 Å².